The molecule has 0 aliphatic carbocycles. The number of benzene rings is 6. The van der Waals surface area contributed by atoms with E-state index >= 15 is 0 Å². The van der Waals surface area contributed by atoms with E-state index in [4.69, 9.17) is 14.4 Å². The Balaban J connectivity index is 1.28. The fourth-order valence-corrected chi connectivity index (χ4v) is 5.77. The number of furan rings is 1. The van der Waals surface area contributed by atoms with Crippen LogP contribution in [0.4, 0.5) is 0 Å². The maximum atomic E-state index is 6.10. The van der Waals surface area contributed by atoms with E-state index in [1.165, 1.54) is 5.56 Å². The summed E-state index contributed by atoms with van der Waals surface area (Å²) >= 11 is 0. The van der Waals surface area contributed by atoms with Crippen LogP contribution in [0.3, 0.4) is 0 Å². The van der Waals surface area contributed by atoms with Crippen molar-refractivity contribution in [1.82, 2.24) is 9.97 Å². The van der Waals surface area contributed by atoms with Gasteiger partial charge in [-0.05, 0) is 46.5 Å². The Kier molecular flexibility index (Phi) is 6.12. The summed E-state index contributed by atoms with van der Waals surface area (Å²) in [5, 5.41) is 2.22. The Bertz CT molecular complexity index is 2220. The minimum absolute atomic E-state index is 0.696. The molecule has 8 rings (SSSR count). The first kappa shape index (κ1) is 25.0. The molecule has 3 nitrogen and oxygen atoms in total. The molecule has 0 saturated heterocycles. The van der Waals surface area contributed by atoms with Crippen LogP contribution in [0.15, 0.2) is 162 Å². The molecule has 0 N–H and O–H groups in total. The molecule has 202 valence electrons. The SMILES string of the molecule is c1ccc(-c2ccc(-c3nc(-c4ccccc4)cc(-c4ccccc4-c4ccc5oc6ccccc6c5c4)n3)cc2)cc1. The summed E-state index contributed by atoms with van der Waals surface area (Å²) in [6, 6.07) is 54.4. The van der Waals surface area contributed by atoms with Gasteiger partial charge in [-0.15, -0.1) is 0 Å². The van der Waals surface area contributed by atoms with E-state index in [0.717, 1.165) is 66.7 Å². The van der Waals surface area contributed by atoms with Crippen molar-refractivity contribution in [3.8, 4) is 56.2 Å². The third-order valence-electron chi connectivity index (χ3n) is 7.94. The van der Waals surface area contributed by atoms with Crippen LogP contribution in [0.2, 0.25) is 0 Å². The van der Waals surface area contributed by atoms with E-state index in [2.05, 4.69) is 121 Å². The van der Waals surface area contributed by atoms with Crippen LogP contribution in [0.25, 0.3) is 78.1 Å². The van der Waals surface area contributed by atoms with Crippen LogP contribution < -0.4 is 0 Å². The van der Waals surface area contributed by atoms with E-state index in [0.29, 0.717) is 5.82 Å². The van der Waals surface area contributed by atoms with E-state index in [9.17, 15) is 0 Å². The van der Waals surface area contributed by atoms with Crippen molar-refractivity contribution in [3.05, 3.63) is 158 Å². The molecule has 2 aromatic heterocycles. The quantitative estimate of drug-likeness (QED) is 0.214. The zero-order valence-electron chi connectivity index (χ0n) is 23.3. The molecule has 0 fully saturated rings. The number of hydrogen-bond acceptors (Lipinski definition) is 3. The van der Waals surface area contributed by atoms with Crippen molar-refractivity contribution in [2.24, 2.45) is 0 Å². The third-order valence-corrected chi connectivity index (χ3v) is 7.94. The molecule has 0 atom stereocenters. The molecule has 0 amide bonds. The molecule has 0 unspecified atom stereocenters. The van der Waals surface area contributed by atoms with Crippen LogP contribution in [0.5, 0.6) is 0 Å². The molecule has 3 heteroatoms. The van der Waals surface area contributed by atoms with Crippen LogP contribution in [0.1, 0.15) is 0 Å². The summed E-state index contributed by atoms with van der Waals surface area (Å²) < 4.78 is 6.10. The summed E-state index contributed by atoms with van der Waals surface area (Å²) in [6.45, 7) is 0. The number of aromatic nitrogens is 2. The summed E-state index contributed by atoms with van der Waals surface area (Å²) in [4.78, 5) is 10.2. The Morgan fingerprint density at radius 1 is 0.349 bits per heavy atom. The van der Waals surface area contributed by atoms with Gasteiger partial charge in [-0.3, -0.25) is 0 Å². The van der Waals surface area contributed by atoms with Crippen LogP contribution in [-0.4, -0.2) is 9.97 Å². The molecular weight excluding hydrogens is 524 g/mol. The highest BCUT2D eigenvalue weighted by Gasteiger charge is 2.15. The second-order valence-electron chi connectivity index (χ2n) is 10.6. The lowest BCUT2D eigenvalue weighted by Gasteiger charge is -2.13. The number of para-hydroxylation sites is 1. The lowest BCUT2D eigenvalue weighted by Crippen LogP contribution is -1.97. The number of rotatable bonds is 5. The number of nitrogens with zero attached hydrogens (tertiary/aromatic N) is 2. The Labute approximate surface area is 249 Å². The first-order valence-corrected chi connectivity index (χ1v) is 14.4. The lowest BCUT2D eigenvalue weighted by atomic mass is 9.95. The van der Waals surface area contributed by atoms with Crippen molar-refractivity contribution in [2.45, 2.75) is 0 Å². The maximum Gasteiger partial charge on any atom is 0.160 e. The highest BCUT2D eigenvalue weighted by molar-refractivity contribution is 6.06. The fourth-order valence-electron chi connectivity index (χ4n) is 5.77. The highest BCUT2D eigenvalue weighted by atomic mass is 16.3. The van der Waals surface area contributed by atoms with Gasteiger partial charge in [0.05, 0.1) is 11.4 Å². The van der Waals surface area contributed by atoms with Crippen molar-refractivity contribution in [2.75, 3.05) is 0 Å². The van der Waals surface area contributed by atoms with Gasteiger partial charge in [0.15, 0.2) is 5.82 Å². The van der Waals surface area contributed by atoms with Crippen LogP contribution >= 0.6 is 0 Å². The van der Waals surface area contributed by atoms with Crippen molar-refractivity contribution < 1.29 is 4.42 Å². The molecule has 0 aliphatic heterocycles. The standard InChI is InChI=1S/C40H26N2O/c1-3-11-27(12-4-1)28-19-21-30(22-20-28)40-41-36(29-13-5-2-6-14-29)26-37(42-40)33-16-8-7-15-32(33)31-23-24-39-35(25-31)34-17-9-10-18-38(34)43-39/h1-26H. The van der Waals surface area contributed by atoms with E-state index in [-0.39, 0.29) is 0 Å². The van der Waals surface area contributed by atoms with Crippen molar-refractivity contribution in [3.63, 3.8) is 0 Å². The average molecular weight is 551 g/mol. The number of fused-ring (bicyclic) bond motifs is 3. The van der Waals surface area contributed by atoms with E-state index in [1.54, 1.807) is 0 Å². The smallest absolute Gasteiger partial charge is 0.160 e. The van der Waals surface area contributed by atoms with Gasteiger partial charge in [-0.2, -0.15) is 0 Å². The zero-order valence-corrected chi connectivity index (χ0v) is 23.3. The molecule has 0 aliphatic rings. The molecular formula is C40H26N2O. The minimum Gasteiger partial charge on any atom is -0.456 e. The van der Waals surface area contributed by atoms with E-state index < -0.39 is 0 Å². The molecule has 0 saturated carbocycles. The molecule has 0 bridgehead atoms. The zero-order chi connectivity index (χ0) is 28.6. The molecule has 0 spiro atoms. The molecule has 8 aromatic rings. The van der Waals surface area contributed by atoms with E-state index in [1.807, 2.05) is 36.4 Å². The predicted molar refractivity (Wildman–Crippen MR) is 176 cm³/mol. The lowest BCUT2D eigenvalue weighted by molar-refractivity contribution is 0.669. The highest BCUT2D eigenvalue weighted by Crippen LogP contribution is 2.37. The van der Waals surface area contributed by atoms with Gasteiger partial charge in [-0.1, -0.05) is 133 Å². The van der Waals surface area contributed by atoms with Crippen LogP contribution in [-0.2, 0) is 0 Å². The first-order chi connectivity index (χ1) is 21.3. The van der Waals surface area contributed by atoms with Gasteiger partial charge in [-0.25, -0.2) is 9.97 Å². The maximum absolute atomic E-state index is 6.10. The van der Waals surface area contributed by atoms with Crippen LogP contribution in [0, 0.1) is 0 Å². The first-order valence-electron chi connectivity index (χ1n) is 14.4. The van der Waals surface area contributed by atoms with Crippen molar-refractivity contribution in [1.29, 1.82) is 0 Å². The summed E-state index contributed by atoms with van der Waals surface area (Å²) in [5.74, 6) is 0.696. The fraction of sp³-hybridized carbons (Fsp3) is 0. The minimum atomic E-state index is 0.696. The van der Waals surface area contributed by atoms with Gasteiger partial charge in [0.1, 0.15) is 11.2 Å². The topological polar surface area (TPSA) is 38.9 Å². The summed E-state index contributed by atoms with van der Waals surface area (Å²) in [5.41, 5.74) is 11.2. The average Bonchev–Trinajstić information content (AvgIpc) is 3.47. The normalized spacial score (nSPS) is 11.3. The third kappa shape index (κ3) is 4.67. The summed E-state index contributed by atoms with van der Waals surface area (Å²) in [6.07, 6.45) is 0. The van der Waals surface area contributed by atoms with Gasteiger partial charge in [0.25, 0.3) is 0 Å². The summed E-state index contributed by atoms with van der Waals surface area (Å²) in [7, 11) is 0. The largest absolute Gasteiger partial charge is 0.456 e. The van der Waals surface area contributed by atoms with Gasteiger partial charge >= 0.3 is 0 Å². The second-order valence-corrected chi connectivity index (χ2v) is 10.6. The van der Waals surface area contributed by atoms with Gasteiger partial charge in [0, 0.05) is 27.5 Å². The second kappa shape index (κ2) is 10.6. The van der Waals surface area contributed by atoms with Gasteiger partial charge < -0.3 is 4.42 Å². The molecule has 6 aromatic carbocycles. The number of hydrogen-bond donors (Lipinski definition) is 0. The molecule has 43 heavy (non-hydrogen) atoms. The molecule has 2 heterocycles. The monoisotopic (exact) mass is 550 g/mol. The van der Waals surface area contributed by atoms with Crippen molar-refractivity contribution >= 4 is 21.9 Å². The Morgan fingerprint density at radius 2 is 0.907 bits per heavy atom. The van der Waals surface area contributed by atoms with Gasteiger partial charge in [0.2, 0.25) is 0 Å². The molecule has 0 radical (unpaired) electrons. The Morgan fingerprint density at radius 3 is 1.70 bits per heavy atom. The predicted octanol–water partition coefficient (Wildman–Crippen LogP) is 10.7. The Hall–Kier alpha value is -5.80.